The molecule has 2 aromatic carbocycles. The number of fused-ring (bicyclic) bond motifs is 1. The Morgan fingerprint density at radius 1 is 1.15 bits per heavy atom. The van der Waals surface area contributed by atoms with E-state index in [1.807, 2.05) is 48.5 Å². The summed E-state index contributed by atoms with van der Waals surface area (Å²) in [4.78, 5) is 25.4. The van der Waals surface area contributed by atoms with Crippen LogP contribution in [0.5, 0.6) is 5.75 Å². The van der Waals surface area contributed by atoms with Crippen molar-refractivity contribution in [2.45, 2.75) is 0 Å². The van der Waals surface area contributed by atoms with E-state index in [2.05, 4.69) is 22.1 Å². The molecular formula is C21H16N2O3S. The molecule has 0 aliphatic carbocycles. The van der Waals surface area contributed by atoms with E-state index >= 15 is 0 Å². The van der Waals surface area contributed by atoms with Crippen molar-refractivity contribution in [3.8, 4) is 17.6 Å². The topological polar surface area (TPSA) is 58.6 Å². The summed E-state index contributed by atoms with van der Waals surface area (Å²) < 4.78 is 5.65. The van der Waals surface area contributed by atoms with Gasteiger partial charge < -0.3 is 9.64 Å². The molecule has 2 heterocycles. The van der Waals surface area contributed by atoms with Crippen LogP contribution >= 0.6 is 11.8 Å². The Balaban J connectivity index is 1.42. The fourth-order valence-electron chi connectivity index (χ4n) is 2.86. The Morgan fingerprint density at radius 2 is 1.96 bits per heavy atom. The van der Waals surface area contributed by atoms with Crippen LogP contribution in [0.15, 0.2) is 53.4 Å². The minimum atomic E-state index is -0.348. The Labute approximate surface area is 161 Å². The zero-order valence-corrected chi connectivity index (χ0v) is 15.2. The highest BCUT2D eigenvalue weighted by molar-refractivity contribution is 8.18. The molecule has 0 aromatic heterocycles. The predicted octanol–water partition coefficient (Wildman–Crippen LogP) is 3.26. The third-order valence-corrected chi connectivity index (χ3v) is 4.99. The first-order valence-corrected chi connectivity index (χ1v) is 9.31. The number of hydrogen-bond acceptors (Lipinski definition) is 5. The molecule has 1 saturated heterocycles. The second-order valence-corrected chi connectivity index (χ2v) is 7.03. The number of benzene rings is 2. The lowest BCUT2D eigenvalue weighted by atomic mass is 10.1. The van der Waals surface area contributed by atoms with Crippen molar-refractivity contribution in [2.24, 2.45) is 0 Å². The average molecular weight is 376 g/mol. The lowest BCUT2D eigenvalue weighted by molar-refractivity contribution is -0.115. The molecule has 1 N–H and O–H groups in total. The van der Waals surface area contributed by atoms with Crippen LogP contribution in [-0.2, 0) is 4.79 Å². The van der Waals surface area contributed by atoms with E-state index in [0.29, 0.717) is 18.1 Å². The summed E-state index contributed by atoms with van der Waals surface area (Å²) in [6, 6.07) is 15.6. The molecule has 2 aliphatic rings. The van der Waals surface area contributed by atoms with E-state index in [1.165, 1.54) is 0 Å². The standard InChI is InChI=1S/C21H16N2O3S/c24-20-19(27-21(25)22-20)14-16-9-7-15(8-10-16)4-3-11-23-12-13-26-18-6-2-1-5-17(18)23/h1-2,5-10,14H,11-13H2,(H,22,24,25)/b19-14-. The van der Waals surface area contributed by atoms with Crippen molar-refractivity contribution in [2.75, 3.05) is 24.6 Å². The monoisotopic (exact) mass is 376 g/mol. The Bertz CT molecular complexity index is 986. The number of hydrogen-bond donors (Lipinski definition) is 1. The van der Waals surface area contributed by atoms with Crippen LogP contribution in [-0.4, -0.2) is 30.8 Å². The summed E-state index contributed by atoms with van der Waals surface area (Å²) in [6.07, 6.45) is 1.70. The predicted molar refractivity (Wildman–Crippen MR) is 107 cm³/mol. The molecule has 134 valence electrons. The molecule has 2 aliphatic heterocycles. The van der Waals surface area contributed by atoms with Crippen molar-refractivity contribution in [3.63, 3.8) is 0 Å². The van der Waals surface area contributed by atoms with Gasteiger partial charge in [-0.2, -0.15) is 0 Å². The Hall–Kier alpha value is -3.17. The maximum atomic E-state index is 11.6. The van der Waals surface area contributed by atoms with Crippen LogP contribution in [0, 0.1) is 11.8 Å². The molecule has 0 radical (unpaired) electrons. The van der Waals surface area contributed by atoms with Gasteiger partial charge in [0.2, 0.25) is 0 Å². The number of anilines is 1. The van der Waals surface area contributed by atoms with E-state index in [4.69, 9.17) is 4.74 Å². The smallest absolute Gasteiger partial charge is 0.290 e. The van der Waals surface area contributed by atoms with Crippen molar-refractivity contribution in [1.29, 1.82) is 0 Å². The minimum absolute atomic E-state index is 0.335. The average Bonchev–Trinajstić information content (AvgIpc) is 3.00. The zero-order chi connectivity index (χ0) is 18.6. The summed E-state index contributed by atoms with van der Waals surface area (Å²) in [5.74, 6) is 6.93. The third kappa shape index (κ3) is 3.99. The summed E-state index contributed by atoms with van der Waals surface area (Å²) in [5.41, 5.74) is 2.83. The van der Waals surface area contributed by atoms with Crippen LogP contribution in [0.1, 0.15) is 11.1 Å². The highest BCUT2D eigenvalue weighted by Gasteiger charge is 2.24. The quantitative estimate of drug-likeness (QED) is 0.644. The number of nitrogens with zero attached hydrogens (tertiary/aromatic N) is 1. The van der Waals surface area contributed by atoms with Crippen LogP contribution in [0.3, 0.4) is 0 Å². The van der Waals surface area contributed by atoms with E-state index in [1.54, 1.807) is 6.08 Å². The number of thioether (sulfide) groups is 1. The molecule has 0 atom stereocenters. The van der Waals surface area contributed by atoms with Crippen LogP contribution in [0.25, 0.3) is 6.08 Å². The van der Waals surface area contributed by atoms with Gasteiger partial charge in [0.05, 0.1) is 23.7 Å². The maximum Gasteiger partial charge on any atom is 0.290 e. The lowest BCUT2D eigenvalue weighted by Gasteiger charge is -2.29. The minimum Gasteiger partial charge on any atom is -0.490 e. The fourth-order valence-corrected chi connectivity index (χ4v) is 3.55. The number of carbonyl (C=O) groups is 2. The third-order valence-electron chi connectivity index (χ3n) is 4.18. The molecule has 4 rings (SSSR count). The van der Waals surface area contributed by atoms with Crippen molar-refractivity contribution in [1.82, 2.24) is 5.32 Å². The molecule has 0 unspecified atom stereocenters. The van der Waals surface area contributed by atoms with Gasteiger partial charge in [-0.05, 0) is 47.7 Å². The number of imide groups is 1. The van der Waals surface area contributed by atoms with E-state index in [9.17, 15) is 9.59 Å². The van der Waals surface area contributed by atoms with Gasteiger partial charge >= 0.3 is 0 Å². The van der Waals surface area contributed by atoms with Gasteiger partial charge in [-0.15, -0.1) is 0 Å². The highest BCUT2D eigenvalue weighted by atomic mass is 32.2. The van der Waals surface area contributed by atoms with Gasteiger partial charge in [0, 0.05) is 5.56 Å². The van der Waals surface area contributed by atoms with E-state index in [-0.39, 0.29) is 11.1 Å². The molecule has 0 bridgehead atoms. The fraction of sp³-hybridized carbons (Fsp3) is 0.143. The largest absolute Gasteiger partial charge is 0.490 e. The number of nitrogens with one attached hydrogen (secondary N) is 1. The molecule has 6 heteroatoms. The Morgan fingerprint density at radius 3 is 2.74 bits per heavy atom. The zero-order valence-electron chi connectivity index (χ0n) is 14.4. The molecule has 5 nitrogen and oxygen atoms in total. The van der Waals surface area contributed by atoms with Gasteiger partial charge in [-0.1, -0.05) is 36.1 Å². The molecule has 0 spiro atoms. The number of para-hydroxylation sites is 2. The van der Waals surface area contributed by atoms with Crippen LogP contribution < -0.4 is 15.0 Å². The second kappa shape index (κ2) is 7.60. The summed E-state index contributed by atoms with van der Waals surface area (Å²) in [7, 11) is 0. The van der Waals surface area contributed by atoms with Gasteiger partial charge in [0.25, 0.3) is 11.1 Å². The van der Waals surface area contributed by atoms with Crippen molar-refractivity contribution < 1.29 is 14.3 Å². The van der Waals surface area contributed by atoms with E-state index in [0.717, 1.165) is 40.9 Å². The molecule has 0 saturated carbocycles. The number of carbonyl (C=O) groups excluding carboxylic acids is 2. The van der Waals surface area contributed by atoms with Gasteiger partial charge in [-0.3, -0.25) is 14.9 Å². The molecule has 27 heavy (non-hydrogen) atoms. The first-order chi connectivity index (χ1) is 13.2. The van der Waals surface area contributed by atoms with Gasteiger partial charge in [0.15, 0.2) is 0 Å². The summed E-state index contributed by atoms with van der Waals surface area (Å²) in [5, 5.41) is 1.91. The molecule has 2 aromatic rings. The van der Waals surface area contributed by atoms with Gasteiger partial charge in [-0.25, -0.2) is 0 Å². The van der Waals surface area contributed by atoms with Crippen LogP contribution in [0.2, 0.25) is 0 Å². The normalized spacial score (nSPS) is 17.0. The molecule has 2 amide bonds. The van der Waals surface area contributed by atoms with E-state index < -0.39 is 0 Å². The van der Waals surface area contributed by atoms with Crippen LogP contribution in [0.4, 0.5) is 10.5 Å². The van der Waals surface area contributed by atoms with Crippen molar-refractivity contribution >= 4 is 34.7 Å². The van der Waals surface area contributed by atoms with Crippen molar-refractivity contribution in [3.05, 3.63) is 64.6 Å². The number of rotatable bonds is 2. The Kier molecular flexibility index (Phi) is 4.86. The number of ether oxygens (including phenoxy) is 1. The molecule has 1 fully saturated rings. The summed E-state index contributed by atoms with van der Waals surface area (Å²) in [6.45, 7) is 2.11. The number of amides is 2. The SMILES string of the molecule is O=C1NC(=O)/C(=C/c2ccc(C#CCN3CCOc4ccccc43)cc2)S1. The first kappa shape index (κ1) is 17.3. The highest BCUT2D eigenvalue weighted by Crippen LogP contribution is 2.30. The molecular weight excluding hydrogens is 360 g/mol. The lowest BCUT2D eigenvalue weighted by Crippen LogP contribution is -2.32. The summed E-state index contributed by atoms with van der Waals surface area (Å²) >= 11 is 0.915. The first-order valence-electron chi connectivity index (χ1n) is 8.49. The van der Waals surface area contributed by atoms with Gasteiger partial charge in [0.1, 0.15) is 12.4 Å². The maximum absolute atomic E-state index is 11.6. The second-order valence-electron chi connectivity index (χ2n) is 6.01.